The summed E-state index contributed by atoms with van der Waals surface area (Å²) in [4.78, 5) is 13.2. The Labute approximate surface area is 412 Å². The lowest BCUT2D eigenvalue weighted by Gasteiger charge is -2.46. The molecule has 2 saturated heterocycles. The van der Waals surface area contributed by atoms with E-state index in [9.17, 15) is 45.6 Å². The van der Waals surface area contributed by atoms with Gasteiger partial charge < -0.3 is 65.1 Å². The lowest BCUT2D eigenvalue weighted by atomic mass is 9.97. The van der Waals surface area contributed by atoms with E-state index in [1.54, 1.807) is 6.08 Å². The Kier molecular flexibility index (Phi) is 38.1. The van der Waals surface area contributed by atoms with Gasteiger partial charge in [0, 0.05) is 6.42 Å². The molecule has 0 aromatic carbocycles. The molecule has 2 aliphatic heterocycles. The van der Waals surface area contributed by atoms with Crippen LogP contribution < -0.4 is 5.32 Å². The molecule has 12 atom stereocenters. The molecule has 2 heterocycles. The molecule has 14 nitrogen and oxygen atoms in total. The maximum absolute atomic E-state index is 13.2. The second kappa shape index (κ2) is 41.2. The molecule has 0 aliphatic carbocycles. The van der Waals surface area contributed by atoms with Crippen LogP contribution in [0.4, 0.5) is 0 Å². The van der Waals surface area contributed by atoms with Gasteiger partial charge in [-0.1, -0.05) is 219 Å². The van der Waals surface area contributed by atoms with Gasteiger partial charge in [-0.05, 0) is 19.3 Å². The summed E-state index contributed by atoms with van der Waals surface area (Å²) in [6, 6.07) is -0.908. The minimum absolute atomic E-state index is 0.235. The molecule has 0 spiro atoms. The summed E-state index contributed by atoms with van der Waals surface area (Å²) < 4.78 is 22.7. The van der Waals surface area contributed by atoms with Crippen molar-refractivity contribution in [3.63, 3.8) is 0 Å². The lowest BCUT2D eigenvalue weighted by molar-refractivity contribution is -0.359. The highest BCUT2D eigenvalue weighted by atomic mass is 16.7. The smallest absolute Gasteiger partial charge is 0.220 e. The first kappa shape index (κ1) is 62.8. The molecule has 2 fully saturated rings. The number of carbonyl (C=O) groups excluding carboxylic acids is 1. The molecule has 0 saturated carbocycles. The second-order valence-corrected chi connectivity index (χ2v) is 20.1. The summed E-state index contributed by atoms with van der Waals surface area (Å²) in [6.07, 6.45) is 28.1. The average Bonchev–Trinajstić information content (AvgIpc) is 3.34. The summed E-state index contributed by atoms with van der Waals surface area (Å²) in [5.74, 6) is -0.235. The maximum Gasteiger partial charge on any atom is 0.220 e. The molecule has 1 amide bonds. The fourth-order valence-electron chi connectivity index (χ4n) is 9.41. The monoisotopic (exact) mass is 974 g/mol. The van der Waals surface area contributed by atoms with Crippen molar-refractivity contribution in [2.24, 2.45) is 0 Å². The summed E-state index contributed by atoms with van der Waals surface area (Å²) in [7, 11) is 0. The van der Waals surface area contributed by atoms with Gasteiger partial charge in [-0.15, -0.1) is 0 Å². The summed E-state index contributed by atoms with van der Waals surface area (Å²) in [5, 5.41) is 86.9. The van der Waals surface area contributed by atoms with Gasteiger partial charge in [0.15, 0.2) is 12.6 Å². The Bertz CT molecular complexity index is 1200. The van der Waals surface area contributed by atoms with Crippen molar-refractivity contribution in [3.05, 3.63) is 12.2 Å². The van der Waals surface area contributed by atoms with E-state index in [0.29, 0.717) is 6.42 Å². The molecule has 0 radical (unpaired) electrons. The summed E-state index contributed by atoms with van der Waals surface area (Å²) in [5.41, 5.74) is 0. The number of rotatable bonds is 44. The fourth-order valence-corrected chi connectivity index (χ4v) is 9.41. The predicted molar refractivity (Wildman–Crippen MR) is 268 cm³/mol. The van der Waals surface area contributed by atoms with Crippen LogP contribution in [0, 0.1) is 0 Å². The predicted octanol–water partition coefficient (Wildman–Crippen LogP) is 8.33. The Balaban J connectivity index is 1.81. The molecule has 2 rings (SSSR count). The third-order valence-corrected chi connectivity index (χ3v) is 14.0. The second-order valence-electron chi connectivity index (χ2n) is 20.1. The van der Waals surface area contributed by atoms with Crippen LogP contribution in [-0.4, -0.2) is 140 Å². The van der Waals surface area contributed by atoms with Crippen LogP contribution in [0.25, 0.3) is 0 Å². The highest BCUT2D eigenvalue weighted by Gasteiger charge is 2.51. The highest BCUT2D eigenvalue weighted by Crippen LogP contribution is 2.30. The van der Waals surface area contributed by atoms with Gasteiger partial charge in [-0.3, -0.25) is 4.79 Å². The number of carbonyl (C=O) groups is 1. The topological polar surface area (TPSA) is 228 Å². The van der Waals surface area contributed by atoms with Crippen molar-refractivity contribution >= 4 is 5.91 Å². The van der Waals surface area contributed by atoms with Crippen LogP contribution in [0.15, 0.2) is 12.2 Å². The number of nitrogens with one attached hydrogen (secondary N) is 1. The van der Waals surface area contributed by atoms with Crippen molar-refractivity contribution in [3.8, 4) is 0 Å². The van der Waals surface area contributed by atoms with Crippen LogP contribution in [0.3, 0.4) is 0 Å². The third kappa shape index (κ3) is 27.5. The Morgan fingerprint density at radius 1 is 0.515 bits per heavy atom. The largest absolute Gasteiger partial charge is 0.394 e. The van der Waals surface area contributed by atoms with Crippen LogP contribution >= 0.6 is 0 Å². The molecule has 0 aromatic rings. The number of aliphatic hydroxyl groups excluding tert-OH is 8. The number of ether oxygens (including phenoxy) is 4. The third-order valence-electron chi connectivity index (χ3n) is 14.0. The minimum atomic E-state index is -1.78. The van der Waals surface area contributed by atoms with E-state index in [4.69, 9.17) is 18.9 Å². The normalized spacial score (nSPS) is 26.4. The van der Waals surface area contributed by atoms with Crippen molar-refractivity contribution in [1.82, 2.24) is 5.32 Å². The van der Waals surface area contributed by atoms with Gasteiger partial charge in [0.05, 0.1) is 32.0 Å². The van der Waals surface area contributed by atoms with Crippen molar-refractivity contribution in [2.75, 3.05) is 19.8 Å². The summed E-state index contributed by atoms with van der Waals surface area (Å²) in [6.45, 7) is 2.81. The number of aliphatic hydroxyl groups is 8. The van der Waals surface area contributed by atoms with E-state index in [-0.39, 0.29) is 18.9 Å². The highest BCUT2D eigenvalue weighted by molar-refractivity contribution is 5.76. The molecular weight excluding hydrogens is 871 g/mol. The zero-order valence-electron chi connectivity index (χ0n) is 42.9. The molecule has 0 aromatic heterocycles. The lowest BCUT2D eigenvalue weighted by Crippen LogP contribution is -2.65. The molecule has 12 unspecified atom stereocenters. The first-order valence-corrected chi connectivity index (χ1v) is 27.9. The minimum Gasteiger partial charge on any atom is -0.394 e. The molecular formula is C54H103NO13. The zero-order chi connectivity index (χ0) is 49.6. The Hall–Kier alpha value is -1.27. The van der Waals surface area contributed by atoms with Crippen LogP contribution in [-0.2, 0) is 23.7 Å². The standard InChI is InChI=1S/C54H103NO13/c1-3-5-7-9-11-13-15-17-19-21-23-25-27-29-31-33-35-37-43(58)42(55-46(59)38-36-34-32-30-28-26-24-22-20-18-16-14-12-10-8-6-4-2)41-65-53-51(64)49(62)52(45(40-57)67-53)68-54-50(63)48(61)47(60)44(39-56)66-54/h35,37,42-45,47-54,56-58,60-64H,3-34,36,38-41H2,1-2H3,(H,55,59)/b37-35+. The number of unbranched alkanes of at least 4 members (excludes halogenated alkanes) is 31. The SMILES string of the molecule is CCCCCCCCCCCCCCCCC/C=C/C(O)C(COC1OC(CO)C(OC2OC(CO)C(O)C(O)C2O)C(O)C1O)NC(=O)CCCCCCCCCCCCCCCCCCC. The fraction of sp³-hybridized carbons (Fsp3) is 0.944. The van der Waals surface area contributed by atoms with Gasteiger partial charge >= 0.3 is 0 Å². The molecule has 14 heteroatoms. The van der Waals surface area contributed by atoms with Gasteiger partial charge in [0.1, 0.15) is 48.8 Å². The van der Waals surface area contributed by atoms with Crippen molar-refractivity contribution < 1.29 is 64.6 Å². The molecule has 9 N–H and O–H groups in total. The van der Waals surface area contributed by atoms with Gasteiger partial charge in [-0.25, -0.2) is 0 Å². The van der Waals surface area contributed by atoms with Gasteiger partial charge in [0.25, 0.3) is 0 Å². The van der Waals surface area contributed by atoms with Crippen molar-refractivity contribution in [2.45, 2.75) is 306 Å². The first-order chi connectivity index (χ1) is 33.1. The van der Waals surface area contributed by atoms with Crippen LogP contribution in [0.5, 0.6) is 0 Å². The van der Waals surface area contributed by atoms with Gasteiger partial charge in [0.2, 0.25) is 5.91 Å². The van der Waals surface area contributed by atoms with Crippen molar-refractivity contribution in [1.29, 1.82) is 0 Å². The average molecular weight is 974 g/mol. The van der Waals surface area contributed by atoms with Gasteiger partial charge in [-0.2, -0.15) is 0 Å². The van der Waals surface area contributed by atoms with Crippen LogP contribution in [0.2, 0.25) is 0 Å². The van der Waals surface area contributed by atoms with E-state index in [0.717, 1.165) is 38.5 Å². The molecule has 68 heavy (non-hydrogen) atoms. The first-order valence-electron chi connectivity index (χ1n) is 27.9. The molecule has 2 aliphatic rings. The van der Waals surface area contributed by atoms with E-state index in [2.05, 4.69) is 19.2 Å². The Morgan fingerprint density at radius 3 is 1.35 bits per heavy atom. The number of amides is 1. The Morgan fingerprint density at radius 2 is 0.912 bits per heavy atom. The summed E-state index contributed by atoms with van der Waals surface area (Å²) >= 11 is 0. The molecule has 402 valence electrons. The van der Waals surface area contributed by atoms with Crippen LogP contribution in [0.1, 0.15) is 232 Å². The quantitative estimate of drug-likeness (QED) is 0.0207. The zero-order valence-corrected chi connectivity index (χ0v) is 42.9. The number of hydrogen-bond acceptors (Lipinski definition) is 13. The van der Waals surface area contributed by atoms with E-state index in [1.165, 1.54) is 167 Å². The maximum atomic E-state index is 13.2. The molecule has 0 bridgehead atoms. The van der Waals surface area contributed by atoms with E-state index in [1.807, 2.05) is 6.08 Å². The number of hydrogen-bond donors (Lipinski definition) is 9. The number of allylic oxidation sites excluding steroid dienone is 1. The van der Waals surface area contributed by atoms with E-state index < -0.39 is 86.8 Å². The van der Waals surface area contributed by atoms with E-state index >= 15 is 0 Å².